The molecule has 0 saturated carbocycles. The number of aryl methyl sites for hydroxylation is 2. The van der Waals surface area contributed by atoms with E-state index < -0.39 is 11.4 Å². The van der Waals surface area contributed by atoms with Crippen LogP contribution >= 0.6 is 0 Å². The number of benzene rings is 1. The summed E-state index contributed by atoms with van der Waals surface area (Å²) in [5.74, 6) is 0.593. The normalized spacial score (nSPS) is 12.2. The molecule has 3 nitrogen and oxygen atoms in total. The van der Waals surface area contributed by atoms with Crippen LogP contribution in [0.2, 0.25) is 0 Å². The molecule has 0 aliphatic rings. The van der Waals surface area contributed by atoms with Crippen molar-refractivity contribution in [3.63, 3.8) is 0 Å². The average Bonchev–Trinajstić information content (AvgIpc) is 2.72. The molecule has 0 aromatic heterocycles. The Labute approximate surface area is 188 Å². The lowest BCUT2D eigenvalue weighted by molar-refractivity contribution is 0.454. The predicted octanol–water partition coefficient (Wildman–Crippen LogP) is 8.57. The molecule has 30 heavy (non-hydrogen) atoms. The molecule has 1 aromatic carbocycles. The van der Waals surface area contributed by atoms with Gasteiger partial charge in [0.15, 0.2) is 0 Å². The van der Waals surface area contributed by atoms with Crippen molar-refractivity contribution >= 4 is 11.4 Å². The van der Waals surface area contributed by atoms with Gasteiger partial charge in [0.1, 0.15) is 5.75 Å². The van der Waals surface area contributed by atoms with Crippen LogP contribution in [0.4, 0.5) is 0 Å². The molecule has 0 radical (unpaired) electrons. The third kappa shape index (κ3) is 14.2. The first kappa shape index (κ1) is 27.2. The molecule has 1 unspecified atom stereocenters. The van der Waals surface area contributed by atoms with Crippen molar-refractivity contribution in [1.82, 2.24) is 0 Å². The van der Waals surface area contributed by atoms with Gasteiger partial charge in [-0.2, -0.15) is 4.21 Å². The zero-order chi connectivity index (χ0) is 21.9. The lowest BCUT2D eigenvalue weighted by Crippen LogP contribution is -2.02. The molecule has 0 saturated heterocycles. The molecule has 4 heteroatoms. The summed E-state index contributed by atoms with van der Waals surface area (Å²) >= 11 is -2.26. The minimum atomic E-state index is -2.26. The van der Waals surface area contributed by atoms with Crippen molar-refractivity contribution in [3.05, 3.63) is 29.3 Å². The molecule has 1 rings (SSSR count). The second-order valence-electron chi connectivity index (χ2n) is 8.69. The maximum absolute atomic E-state index is 11.2. The van der Waals surface area contributed by atoms with Gasteiger partial charge in [-0.05, 0) is 42.9 Å². The highest BCUT2D eigenvalue weighted by atomic mass is 32.2. The van der Waals surface area contributed by atoms with Crippen LogP contribution in [0.25, 0.3) is 0 Å². The second-order valence-corrected chi connectivity index (χ2v) is 9.29. The van der Waals surface area contributed by atoms with Crippen LogP contribution in [0.15, 0.2) is 18.2 Å². The van der Waals surface area contributed by atoms with Gasteiger partial charge >= 0.3 is 11.4 Å². The smallest absolute Gasteiger partial charge is 0.357 e. The minimum absolute atomic E-state index is 0.593. The van der Waals surface area contributed by atoms with Gasteiger partial charge in [-0.1, -0.05) is 116 Å². The largest absolute Gasteiger partial charge is 0.380 e. The van der Waals surface area contributed by atoms with E-state index >= 15 is 0 Å². The van der Waals surface area contributed by atoms with Gasteiger partial charge in [-0.25, -0.2) is 0 Å². The van der Waals surface area contributed by atoms with Crippen molar-refractivity contribution in [1.29, 1.82) is 0 Å². The summed E-state index contributed by atoms with van der Waals surface area (Å²) in [5.41, 5.74) is 2.27. The molecule has 0 bridgehead atoms. The molecule has 1 aromatic rings. The van der Waals surface area contributed by atoms with Crippen LogP contribution in [0.3, 0.4) is 0 Å². The maximum Gasteiger partial charge on any atom is 0.357 e. The SMILES string of the molecule is CCCCCCCCCCc1ccc(CCCCCCCCCC)c(OS(=O)O)c1. The number of hydrogen-bond acceptors (Lipinski definition) is 2. The molecule has 1 atom stereocenters. The van der Waals surface area contributed by atoms with Crippen molar-refractivity contribution in [2.24, 2.45) is 0 Å². The minimum Gasteiger partial charge on any atom is -0.380 e. The molecule has 0 heterocycles. The van der Waals surface area contributed by atoms with Gasteiger partial charge in [0.2, 0.25) is 0 Å². The maximum atomic E-state index is 11.2. The van der Waals surface area contributed by atoms with Crippen LogP contribution in [-0.2, 0) is 24.2 Å². The lowest BCUT2D eigenvalue weighted by atomic mass is 10.00. The van der Waals surface area contributed by atoms with Crippen LogP contribution in [0, 0.1) is 0 Å². The standard InChI is InChI=1S/C26H46O3S/c1-3-5-7-9-11-13-15-17-19-24-21-22-25(26(23-24)29-30(27)28)20-18-16-14-12-10-8-6-4-2/h21-23H,3-20H2,1-2H3,(H,27,28). The third-order valence-electron chi connectivity index (χ3n) is 5.91. The number of rotatable bonds is 20. The molecule has 174 valence electrons. The lowest BCUT2D eigenvalue weighted by Gasteiger charge is -2.11. The van der Waals surface area contributed by atoms with E-state index in [4.69, 9.17) is 4.18 Å². The average molecular weight is 439 g/mol. The van der Waals surface area contributed by atoms with E-state index in [9.17, 15) is 8.76 Å². The number of unbranched alkanes of at least 4 members (excludes halogenated alkanes) is 14. The molecule has 0 amide bonds. The molecule has 0 spiro atoms. The van der Waals surface area contributed by atoms with Gasteiger partial charge in [-0.15, -0.1) is 0 Å². The van der Waals surface area contributed by atoms with E-state index in [2.05, 4.69) is 26.0 Å². The summed E-state index contributed by atoms with van der Waals surface area (Å²) in [7, 11) is 0. The molecule has 0 aliphatic carbocycles. The quantitative estimate of drug-likeness (QED) is 0.164. The summed E-state index contributed by atoms with van der Waals surface area (Å²) in [4.78, 5) is 0. The van der Waals surface area contributed by atoms with E-state index in [-0.39, 0.29) is 0 Å². The Kier molecular flexibility index (Phi) is 17.1. The fourth-order valence-corrected chi connectivity index (χ4v) is 4.34. The summed E-state index contributed by atoms with van der Waals surface area (Å²) in [6.07, 6.45) is 22.7. The molecular weight excluding hydrogens is 392 g/mol. The van der Waals surface area contributed by atoms with E-state index in [0.29, 0.717) is 5.75 Å². The van der Waals surface area contributed by atoms with Crippen molar-refractivity contribution in [3.8, 4) is 5.75 Å². The van der Waals surface area contributed by atoms with Crippen LogP contribution in [0.1, 0.15) is 128 Å². The molecule has 0 aliphatic heterocycles. The van der Waals surface area contributed by atoms with Gasteiger partial charge in [0, 0.05) is 0 Å². The summed E-state index contributed by atoms with van der Waals surface area (Å²) < 4.78 is 25.7. The van der Waals surface area contributed by atoms with Gasteiger partial charge in [-0.3, -0.25) is 4.55 Å². The molecular formula is C26H46O3S. The topological polar surface area (TPSA) is 46.5 Å². The Morgan fingerprint density at radius 3 is 1.67 bits per heavy atom. The third-order valence-corrected chi connectivity index (χ3v) is 6.23. The fraction of sp³-hybridized carbons (Fsp3) is 0.769. The van der Waals surface area contributed by atoms with Gasteiger partial charge < -0.3 is 4.18 Å². The van der Waals surface area contributed by atoms with Crippen LogP contribution < -0.4 is 4.18 Å². The van der Waals surface area contributed by atoms with Crippen molar-refractivity contribution in [2.45, 2.75) is 129 Å². The Bertz CT molecular complexity index is 559. The fourth-order valence-electron chi connectivity index (χ4n) is 4.03. The first-order valence-corrected chi connectivity index (χ1v) is 13.6. The Hall–Kier alpha value is -0.870. The predicted molar refractivity (Wildman–Crippen MR) is 130 cm³/mol. The van der Waals surface area contributed by atoms with E-state index in [0.717, 1.165) is 24.8 Å². The zero-order valence-corrected chi connectivity index (χ0v) is 20.4. The van der Waals surface area contributed by atoms with Crippen LogP contribution in [-0.4, -0.2) is 8.76 Å². The number of hydrogen-bond donors (Lipinski definition) is 1. The van der Waals surface area contributed by atoms with E-state index in [1.165, 1.54) is 102 Å². The zero-order valence-electron chi connectivity index (χ0n) is 19.6. The first-order valence-electron chi connectivity index (χ1n) is 12.6. The Morgan fingerprint density at radius 2 is 1.17 bits per heavy atom. The van der Waals surface area contributed by atoms with Gasteiger partial charge in [0.05, 0.1) is 0 Å². The van der Waals surface area contributed by atoms with E-state index in [1.54, 1.807) is 0 Å². The first-order chi connectivity index (χ1) is 14.7. The van der Waals surface area contributed by atoms with Crippen LogP contribution in [0.5, 0.6) is 5.75 Å². The summed E-state index contributed by atoms with van der Waals surface area (Å²) in [5, 5.41) is 0. The van der Waals surface area contributed by atoms with Crippen molar-refractivity contribution in [2.75, 3.05) is 0 Å². The highest BCUT2D eigenvalue weighted by Gasteiger charge is 2.09. The summed E-state index contributed by atoms with van der Waals surface area (Å²) in [6, 6.07) is 6.26. The highest BCUT2D eigenvalue weighted by Crippen LogP contribution is 2.25. The second kappa shape index (κ2) is 18.9. The summed E-state index contributed by atoms with van der Waals surface area (Å²) in [6.45, 7) is 4.51. The monoisotopic (exact) mass is 438 g/mol. The van der Waals surface area contributed by atoms with Gasteiger partial charge in [0.25, 0.3) is 0 Å². The molecule has 0 fully saturated rings. The Morgan fingerprint density at radius 1 is 0.700 bits per heavy atom. The molecule has 1 N–H and O–H groups in total. The highest BCUT2D eigenvalue weighted by molar-refractivity contribution is 7.74. The Balaban J connectivity index is 2.34. The van der Waals surface area contributed by atoms with E-state index in [1.807, 2.05) is 6.07 Å². The van der Waals surface area contributed by atoms with Crippen molar-refractivity contribution < 1.29 is 12.9 Å².